The molecule has 1 rings (SSSR count). The molecule has 0 saturated heterocycles. The van der Waals surface area contributed by atoms with Crippen LogP contribution in [0.2, 0.25) is 0 Å². The molecule has 0 amide bonds. The zero-order valence-electron chi connectivity index (χ0n) is 7.33. The Balaban J connectivity index is 2.68. The van der Waals surface area contributed by atoms with Gasteiger partial charge in [-0.05, 0) is 18.6 Å². The third-order valence-electron chi connectivity index (χ3n) is 1.79. The van der Waals surface area contributed by atoms with Gasteiger partial charge in [-0.15, -0.1) is 0 Å². The molecule has 0 aliphatic rings. The summed E-state index contributed by atoms with van der Waals surface area (Å²) < 4.78 is 0. The zero-order valence-corrected chi connectivity index (χ0v) is 7.33. The lowest BCUT2D eigenvalue weighted by Crippen LogP contribution is -2.11. The average Bonchev–Trinajstić information content (AvgIpc) is 2.06. The first-order valence-electron chi connectivity index (χ1n) is 4.21. The Morgan fingerprint density at radius 1 is 1.50 bits per heavy atom. The summed E-state index contributed by atoms with van der Waals surface area (Å²) in [5.41, 5.74) is 13.0. The molecular formula is C9H15N3. The lowest BCUT2D eigenvalue weighted by atomic mass is 10.1. The Morgan fingerprint density at radius 2 is 2.25 bits per heavy atom. The highest BCUT2D eigenvalue weighted by atomic mass is 14.8. The SMILES string of the molecule is CCC[C@H](N)c1ccc(N)cn1. The quantitative estimate of drug-likeness (QED) is 0.712. The summed E-state index contributed by atoms with van der Waals surface area (Å²) in [5.74, 6) is 0. The second kappa shape index (κ2) is 4.07. The Morgan fingerprint density at radius 3 is 2.75 bits per heavy atom. The highest BCUT2D eigenvalue weighted by Gasteiger charge is 2.04. The van der Waals surface area contributed by atoms with E-state index in [2.05, 4.69) is 11.9 Å². The summed E-state index contributed by atoms with van der Waals surface area (Å²) in [6.07, 6.45) is 3.69. The standard InChI is InChI=1S/C9H15N3/c1-2-3-8(11)9-5-4-7(10)6-12-9/h4-6,8H,2-3,10-11H2,1H3/t8-/m0/s1. The van der Waals surface area contributed by atoms with Crippen molar-refractivity contribution in [3.8, 4) is 0 Å². The van der Waals surface area contributed by atoms with Crippen molar-refractivity contribution >= 4 is 5.69 Å². The highest BCUT2D eigenvalue weighted by Crippen LogP contribution is 2.13. The molecule has 4 N–H and O–H groups in total. The Labute approximate surface area is 72.8 Å². The van der Waals surface area contributed by atoms with Crippen molar-refractivity contribution in [1.82, 2.24) is 4.98 Å². The Kier molecular flexibility index (Phi) is 3.05. The molecule has 0 saturated carbocycles. The molecule has 0 radical (unpaired) electrons. The predicted molar refractivity (Wildman–Crippen MR) is 50.5 cm³/mol. The molecule has 0 bridgehead atoms. The number of hydrogen-bond donors (Lipinski definition) is 2. The molecule has 66 valence electrons. The normalized spacial score (nSPS) is 12.8. The number of nitrogens with zero attached hydrogens (tertiary/aromatic N) is 1. The van der Waals surface area contributed by atoms with Crippen LogP contribution in [0.3, 0.4) is 0 Å². The first-order chi connectivity index (χ1) is 5.74. The fraction of sp³-hybridized carbons (Fsp3) is 0.444. The number of nitrogens with two attached hydrogens (primary N) is 2. The van der Waals surface area contributed by atoms with Crippen LogP contribution in [0, 0.1) is 0 Å². The number of anilines is 1. The summed E-state index contributed by atoms with van der Waals surface area (Å²) in [4.78, 5) is 4.15. The van der Waals surface area contributed by atoms with E-state index in [1.807, 2.05) is 12.1 Å². The number of hydrogen-bond acceptors (Lipinski definition) is 3. The molecule has 3 heteroatoms. The minimum atomic E-state index is 0.0515. The fourth-order valence-electron chi connectivity index (χ4n) is 1.09. The van der Waals surface area contributed by atoms with Crippen LogP contribution in [0.15, 0.2) is 18.3 Å². The van der Waals surface area contributed by atoms with E-state index in [0.717, 1.165) is 18.5 Å². The van der Waals surface area contributed by atoms with E-state index in [1.54, 1.807) is 6.20 Å². The molecule has 1 heterocycles. The van der Waals surface area contributed by atoms with Crippen molar-refractivity contribution in [3.05, 3.63) is 24.0 Å². The predicted octanol–water partition coefficient (Wildman–Crippen LogP) is 1.46. The summed E-state index contributed by atoms with van der Waals surface area (Å²) in [6.45, 7) is 2.11. The van der Waals surface area contributed by atoms with Gasteiger partial charge in [0, 0.05) is 6.04 Å². The number of nitrogen functional groups attached to an aromatic ring is 1. The van der Waals surface area contributed by atoms with Crippen LogP contribution in [0.5, 0.6) is 0 Å². The van der Waals surface area contributed by atoms with Crippen LogP contribution in [0.25, 0.3) is 0 Å². The van der Waals surface area contributed by atoms with Crippen molar-refractivity contribution in [2.75, 3.05) is 5.73 Å². The van der Waals surface area contributed by atoms with Gasteiger partial charge in [-0.2, -0.15) is 0 Å². The first kappa shape index (κ1) is 9.00. The van der Waals surface area contributed by atoms with E-state index in [9.17, 15) is 0 Å². The second-order valence-electron chi connectivity index (χ2n) is 2.91. The van der Waals surface area contributed by atoms with Gasteiger partial charge in [-0.1, -0.05) is 13.3 Å². The second-order valence-corrected chi connectivity index (χ2v) is 2.91. The maximum Gasteiger partial charge on any atom is 0.0572 e. The maximum atomic E-state index is 5.85. The van der Waals surface area contributed by atoms with Crippen LogP contribution >= 0.6 is 0 Å². The topological polar surface area (TPSA) is 64.9 Å². The molecule has 0 aliphatic heterocycles. The maximum absolute atomic E-state index is 5.85. The van der Waals surface area contributed by atoms with Gasteiger partial charge >= 0.3 is 0 Å². The lowest BCUT2D eigenvalue weighted by Gasteiger charge is -2.08. The van der Waals surface area contributed by atoms with Crippen LogP contribution in [-0.2, 0) is 0 Å². The van der Waals surface area contributed by atoms with Gasteiger partial charge < -0.3 is 11.5 Å². The molecule has 0 aromatic carbocycles. The highest BCUT2D eigenvalue weighted by molar-refractivity contribution is 5.34. The van der Waals surface area contributed by atoms with Gasteiger partial charge in [0.05, 0.1) is 17.6 Å². The number of pyridine rings is 1. The Hall–Kier alpha value is -1.09. The molecular weight excluding hydrogens is 150 g/mol. The van der Waals surface area contributed by atoms with Gasteiger partial charge in [0.2, 0.25) is 0 Å². The van der Waals surface area contributed by atoms with E-state index < -0.39 is 0 Å². The van der Waals surface area contributed by atoms with E-state index in [0.29, 0.717) is 5.69 Å². The van der Waals surface area contributed by atoms with Gasteiger partial charge in [-0.25, -0.2) is 0 Å². The van der Waals surface area contributed by atoms with Crippen molar-refractivity contribution in [2.45, 2.75) is 25.8 Å². The molecule has 12 heavy (non-hydrogen) atoms. The monoisotopic (exact) mass is 165 g/mol. The lowest BCUT2D eigenvalue weighted by molar-refractivity contribution is 0.622. The molecule has 0 unspecified atom stereocenters. The minimum Gasteiger partial charge on any atom is -0.397 e. The van der Waals surface area contributed by atoms with E-state index in [4.69, 9.17) is 11.5 Å². The summed E-state index contributed by atoms with van der Waals surface area (Å²) in [7, 11) is 0. The smallest absolute Gasteiger partial charge is 0.0572 e. The van der Waals surface area contributed by atoms with Gasteiger partial charge in [-0.3, -0.25) is 4.98 Å². The third-order valence-corrected chi connectivity index (χ3v) is 1.79. The third kappa shape index (κ3) is 2.20. The fourth-order valence-corrected chi connectivity index (χ4v) is 1.09. The van der Waals surface area contributed by atoms with Gasteiger partial charge in [0.1, 0.15) is 0 Å². The van der Waals surface area contributed by atoms with Gasteiger partial charge in [0.15, 0.2) is 0 Å². The van der Waals surface area contributed by atoms with E-state index in [1.165, 1.54) is 0 Å². The molecule has 0 spiro atoms. The summed E-state index contributed by atoms with van der Waals surface area (Å²) in [5, 5.41) is 0. The van der Waals surface area contributed by atoms with Crippen molar-refractivity contribution in [2.24, 2.45) is 5.73 Å². The zero-order chi connectivity index (χ0) is 8.97. The molecule has 3 nitrogen and oxygen atoms in total. The number of aromatic nitrogens is 1. The molecule has 1 atom stereocenters. The van der Waals surface area contributed by atoms with Crippen LogP contribution in [-0.4, -0.2) is 4.98 Å². The van der Waals surface area contributed by atoms with Crippen LogP contribution < -0.4 is 11.5 Å². The molecule has 0 aliphatic carbocycles. The van der Waals surface area contributed by atoms with Crippen molar-refractivity contribution in [3.63, 3.8) is 0 Å². The Bertz CT molecular complexity index is 230. The largest absolute Gasteiger partial charge is 0.397 e. The first-order valence-corrected chi connectivity index (χ1v) is 4.21. The van der Waals surface area contributed by atoms with Gasteiger partial charge in [0.25, 0.3) is 0 Å². The van der Waals surface area contributed by atoms with E-state index in [-0.39, 0.29) is 6.04 Å². The molecule has 1 aromatic heterocycles. The van der Waals surface area contributed by atoms with Crippen molar-refractivity contribution < 1.29 is 0 Å². The van der Waals surface area contributed by atoms with Crippen LogP contribution in [0.1, 0.15) is 31.5 Å². The van der Waals surface area contributed by atoms with E-state index >= 15 is 0 Å². The molecule has 1 aromatic rings. The summed E-state index contributed by atoms with van der Waals surface area (Å²) >= 11 is 0. The summed E-state index contributed by atoms with van der Waals surface area (Å²) in [6, 6.07) is 3.77. The number of rotatable bonds is 3. The molecule has 0 fully saturated rings. The van der Waals surface area contributed by atoms with Crippen molar-refractivity contribution in [1.29, 1.82) is 0 Å². The van der Waals surface area contributed by atoms with Crippen LogP contribution in [0.4, 0.5) is 5.69 Å². The minimum absolute atomic E-state index is 0.0515. The average molecular weight is 165 g/mol.